The number of aromatic nitrogens is 4. The van der Waals surface area contributed by atoms with Gasteiger partial charge in [0.1, 0.15) is 5.69 Å². The second kappa shape index (κ2) is 6.69. The first-order valence-electron chi connectivity index (χ1n) is 8.47. The van der Waals surface area contributed by atoms with Crippen molar-refractivity contribution in [2.24, 2.45) is 0 Å². The van der Waals surface area contributed by atoms with Gasteiger partial charge in [0.2, 0.25) is 0 Å². The quantitative estimate of drug-likeness (QED) is 0.461. The molecule has 0 atom stereocenters. The van der Waals surface area contributed by atoms with Crippen molar-refractivity contribution in [1.82, 2.24) is 19.6 Å². The number of thiazole rings is 1. The number of benzene rings is 1. The Morgan fingerprint density at radius 1 is 1.07 bits per heavy atom. The summed E-state index contributed by atoms with van der Waals surface area (Å²) in [5, 5.41) is 6.36. The van der Waals surface area contributed by atoms with Crippen molar-refractivity contribution in [1.29, 1.82) is 0 Å². The zero-order valence-corrected chi connectivity index (χ0v) is 16.2. The third kappa shape index (κ3) is 3.36. The molecule has 0 aliphatic rings. The summed E-state index contributed by atoms with van der Waals surface area (Å²) >= 11 is 1.19. The molecule has 0 unspecified atom stereocenters. The lowest BCUT2D eigenvalue weighted by Gasteiger charge is -2.20. The number of fused-ring (bicyclic) bond motifs is 2. The average Bonchev–Trinajstić information content (AvgIpc) is 3.22. The van der Waals surface area contributed by atoms with Crippen LogP contribution in [0.5, 0.6) is 0 Å². The van der Waals surface area contributed by atoms with E-state index in [4.69, 9.17) is 0 Å². The zero-order chi connectivity index (χ0) is 21.8. The standard InChI is InChI=1S/C18H12F5N5OS/c1-8-3-4-10-12(5-8)30-16(25-10)26-15(29)11-7-14-24-9(2)6-13(28(14)27-11)17(19,20)18(21,22)23/h3-7H,1-2H3,(H,25,26,29). The van der Waals surface area contributed by atoms with Crippen LogP contribution in [0.25, 0.3) is 15.9 Å². The summed E-state index contributed by atoms with van der Waals surface area (Å²) < 4.78 is 67.7. The highest BCUT2D eigenvalue weighted by Gasteiger charge is 2.60. The van der Waals surface area contributed by atoms with Crippen LogP contribution < -0.4 is 5.32 Å². The fourth-order valence-electron chi connectivity index (χ4n) is 2.83. The molecule has 0 aliphatic heterocycles. The highest BCUT2D eigenvalue weighted by molar-refractivity contribution is 7.22. The van der Waals surface area contributed by atoms with Crippen LogP contribution in [0.15, 0.2) is 30.3 Å². The first kappa shape index (κ1) is 20.1. The van der Waals surface area contributed by atoms with Crippen LogP contribution in [0.3, 0.4) is 0 Å². The van der Waals surface area contributed by atoms with Gasteiger partial charge in [-0.1, -0.05) is 17.4 Å². The van der Waals surface area contributed by atoms with Gasteiger partial charge >= 0.3 is 12.1 Å². The molecule has 0 aliphatic carbocycles. The van der Waals surface area contributed by atoms with Gasteiger partial charge in [0.05, 0.1) is 10.2 Å². The Balaban J connectivity index is 1.72. The number of amides is 1. The Morgan fingerprint density at radius 3 is 2.50 bits per heavy atom. The molecule has 4 aromatic rings. The van der Waals surface area contributed by atoms with E-state index in [2.05, 4.69) is 20.4 Å². The Labute approximate surface area is 169 Å². The molecular formula is C18H12F5N5OS. The lowest BCUT2D eigenvalue weighted by atomic mass is 10.2. The predicted molar refractivity (Wildman–Crippen MR) is 100.0 cm³/mol. The van der Waals surface area contributed by atoms with Gasteiger partial charge in [-0.3, -0.25) is 10.1 Å². The number of carbonyl (C=O) groups excluding carboxylic acids is 1. The van der Waals surface area contributed by atoms with Gasteiger partial charge in [0, 0.05) is 11.8 Å². The van der Waals surface area contributed by atoms with E-state index in [1.165, 1.54) is 18.3 Å². The molecule has 1 amide bonds. The molecule has 6 nitrogen and oxygen atoms in total. The van der Waals surface area contributed by atoms with E-state index >= 15 is 0 Å². The highest BCUT2D eigenvalue weighted by atomic mass is 32.1. The summed E-state index contributed by atoms with van der Waals surface area (Å²) in [5.41, 5.74) is -0.521. The normalized spacial score (nSPS) is 12.6. The number of nitrogens with zero attached hydrogens (tertiary/aromatic N) is 4. The minimum absolute atomic E-state index is 0.0742. The lowest BCUT2D eigenvalue weighted by molar-refractivity contribution is -0.291. The number of hydrogen-bond acceptors (Lipinski definition) is 5. The first-order valence-corrected chi connectivity index (χ1v) is 9.28. The van der Waals surface area contributed by atoms with Gasteiger partial charge < -0.3 is 0 Å². The van der Waals surface area contributed by atoms with Gasteiger partial charge in [-0.2, -0.15) is 27.1 Å². The SMILES string of the molecule is Cc1ccc2nc(NC(=O)c3cc4nc(C)cc(C(F)(F)C(F)(F)F)n4n3)sc2c1. The largest absolute Gasteiger partial charge is 0.459 e. The van der Waals surface area contributed by atoms with E-state index in [-0.39, 0.29) is 22.2 Å². The Morgan fingerprint density at radius 2 is 1.80 bits per heavy atom. The van der Waals surface area contributed by atoms with Crippen LogP contribution in [-0.2, 0) is 5.92 Å². The molecule has 1 aromatic carbocycles. The predicted octanol–water partition coefficient (Wildman–Crippen LogP) is 4.86. The van der Waals surface area contributed by atoms with Crippen molar-refractivity contribution in [3.8, 4) is 0 Å². The van der Waals surface area contributed by atoms with Crippen molar-refractivity contribution >= 4 is 38.2 Å². The fourth-order valence-corrected chi connectivity index (χ4v) is 3.79. The van der Waals surface area contributed by atoms with Crippen LogP contribution in [0.1, 0.15) is 27.4 Å². The Bertz CT molecular complexity index is 1290. The van der Waals surface area contributed by atoms with Crippen molar-refractivity contribution in [3.05, 3.63) is 53.0 Å². The second-order valence-electron chi connectivity index (χ2n) is 6.60. The maximum Gasteiger partial charge on any atom is 0.459 e. The second-order valence-corrected chi connectivity index (χ2v) is 7.63. The van der Waals surface area contributed by atoms with Gasteiger partial charge in [-0.25, -0.2) is 14.5 Å². The summed E-state index contributed by atoms with van der Waals surface area (Å²) in [4.78, 5) is 20.6. The maximum atomic E-state index is 14.0. The van der Waals surface area contributed by atoms with Crippen LogP contribution in [-0.4, -0.2) is 31.7 Å². The molecule has 3 heterocycles. The molecule has 0 saturated carbocycles. The Hall–Kier alpha value is -3.15. The van der Waals surface area contributed by atoms with Crippen molar-refractivity contribution < 1.29 is 26.7 Å². The van der Waals surface area contributed by atoms with Crippen molar-refractivity contribution in [2.45, 2.75) is 25.9 Å². The summed E-state index contributed by atoms with van der Waals surface area (Å²) in [5.74, 6) is -5.99. The number of alkyl halides is 5. The molecule has 4 rings (SSSR count). The number of halogens is 5. The van der Waals surface area contributed by atoms with E-state index in [9.17, 15) is 26.7 Å². The molecule has 0 saturated heterocycles. The fraction of sp³-hybridized carbons (Fsp3) is 0.222. The molecule has 156 valence electrons. The molecule has 0 spiro atoms. The lowest BCUT2D eigenvalue weighted by Crippen LogP contribution is -2.36. The number of anilines is 1. The van der Waals surface area contributed by atoms with E-state index in [0.717, 1.165) is 16.3 Å². The average molecular weight is 441 g/mol. The molecule has 12 heteroatoms. The minimum atomic E-state index is -5.83. The van der Waals surface area contributed by atoms with Crippen LogP contribution in [0, 0.1) is 13.8 Å². The van der Waals surface area contributed by atoms with E-state index in [0.29, 0.717) is 16.1 Å². The first-order chi connectivity index (χ1) is 14.0. The van der Waals surface area contributed by atoms with Gasteiger partial charge in [-0.15, -0.1) is 0 Å². The van der Waals surface area contributed by atoms with Crippen molar-refractivity contribution in [3.63, 3.8) is 0 Å². The van der Waals surface area contributed by atoms with Gasteiger partial charge in [-0.05, 0) is 37.6 Å². The molecule has 30 heavy (non-hydrogen) atoms. The minimum Gasteiger partial charge on any atom is -0.296 e. The summed E-state index contributed by atoms with van der Waals surface area (Å²) in [7, 11) is 0. The number of hydrogen-bond donors (Lipinski definition) is 1. The Kier molecular flexibility index (Phi) is 4.49. The molecule has 0 radical (unpaired) electrons. The van der Waals surface area contributed by atoms with Gasteiger partial charge in [0.15, 0.2) is 16.5 Å². The zero-order valence-electron chi connectivity index (χ0n) is 15.4. The smallest absolute Gasteiger partial charge is 0.296 e. The number of carbonyl (C=O) groups is 1. The third-order valence-corrected chi connectivity index (χ3v) is 5.16. The summed E-state index contributed by atoms with van der Waals surface area (Å²) in [6, 6.07) is 7.14. The summed E-state index contributed by atoms with van der Waals surface area (Å²) in [6.07, 6.45) is -5.83. The van der Waals surface area contributed by atoms with Crippen LogP contribution in [0.2, 0.25) is 0 Å². The third-order valence-electron chi connectivity index (χ3n) is 4.23. The molecular weight excluding hydrogens is 429 g/mol. The van der Waals surface area contributed by atoms with E-state index < -0.39 is 23.7 Å². The highest BCUT2D eigenvalue weighted by Crippen LogP contribution is 2.43. The van der Waals surface area contributed by atoms with Crippen LogP contribution >= 0.6 is 11.3 Å². The monoisotopic (exact) mass is 441 g/mol. The molecule has 0 bridgehead atoms. The van der Waals surface area contributed by atoms with Crippen molar-refractivity contribution in [2.75, 3.05) is 5.32 Å². The van der Waals surface area contributed by atoms with E-state index in [1.54, 1.807) is 6.07 Å². The van der Waals surface area contributed by atoms with Crippen LogP contribution in [0.4, 0.5) is 27.1 Å². The molecule has 0 fully saturated rings. The van der Waals surface area contributed by atoms with E-state index in [1.807, 2.05) is 19.1 Å². The van der Waals surface area contributed by atoms with Gasteiger partial charge in [0.25, 0.3) is 5.91 Å². The molecule has 1 N–H and O–H groups in total. The number of nitrogens with one attached hydrogen (secondary N) is 1. The molecule has 3 aromatic heterocycles. The number of rotatable bonds is 3. The maximum absolute atomic E-state index is 14.0. The summed E-state index contributed by atoms with van der Waals surface area (Å²) in [6.45, 7) is 3.17. The topological polar surface area (TPSA) is 72.2 Å². The number of aryl methyl sites for hydroxylation is 2.